The largest absolute Gasteiger partial charge is 0.481 e. The van der Waals surface area contributed by atoms with Gasteiger partial charge in [0.25, 0.3) is 5.97 Å². The first-order valence-electron chi connectivity index (χ1n) is 3.80. The van der Waals surface area contributed by atoms with E-state index in [-0.39, 0.29) is 12.6 Å². The molecule has 3 N–H and O–H groups in total. The van der Waals surface area contributed by atoms with Gasteiger partial charge in [-0.1, -0.05) is 0 Å². The van der Waals surface area contributed by atoms with E-state index in [2.05, 4.69) is 4.74 Å². The van der Waals surface area contributed by atoms with Crippen molar-refractivity contribution in [3.8, 4) is 0 Å². The Morgan fingerprint density at radius 2 is 1.50 bits per heavy atom. The molecule has 0 aliphatic heterocycles. The molecule has 1 atom stereocenters. The Morgan fingerprint density at radius 1 is 1.36 bits per heavy atom. The summed E-state index contributed by atoms with van der Waals surface area (Å²) in [6, 6.07) is 0. The molecule has 0 aromatic carbocycles. The van der Waals surface area contributed by atoms with E-state index in [1.807, 2.05) is 0 Å². The van der Waals surface area contributed by atoms with E-state index in [0.29, 0.717) is 0 Å². The maximum Gasteiger partial charge on any atom is 0.302 e. The van der Waals surface area contributed by atoms with Gasteiger partial charge in [0.05, 0.1) is 19.8 Å². The molecule has 0 saturated heterocycles. The minimum Gasteiger partial charge on any atom is -0.481 e. The number of carboxylic acid groups (broad SMARTS) is 1. The van der Waals surface area contributed by atoms with E-state index in [1.165, 1.54) is 21.0 Å². The summed E-state index contributed by atoms with van der Waals surface area (Å²) in [6.07, 6.45) is -0.560. The summed E-state index contributed by atoms with van der Waals surface area (Å²) in [6.45, 7) is 3.83. The van der Waals surface area contributed by atoms with Crippen molar-refractivity contribution in [2.75, 3.05) is 13.7 Å². The van der Waals surface area contributed by atoms with Crippen LogP contribution in [0.3, 0.4) is 0 Å². The molecular formula is C8H18O6. The molecule has 0 aliphatic rings. The average molecular weight is 210 g/mol. The van der Waals surface area contributed by atoms with Gasteiger partial charge in [0.15, 0.2) is 0 Å². The monoisotopic (exact) mass is 210 g/mol. The molecule has 0 radical (unpaired) electrons. The second-order valence-electron chi connectivity index (χ2n) is 2.25. The van der Waals surface area contributed by atoms with Crippen molar-refractivity contribution in [3.05, 3.63) is 0 Å². The normalized spacial score (nSPS) is 9.57. The van der Waals surface area contributed by atoms with Crippen LogP contribution in [0.1, 0.15) is 20.8 Å². The van der Waals surface area contributed by atoms with Crippen LogP contribution in [0, 0.1) is 0 Å². The standard InChI is InChI=1S/C3H6O2.C3H8O2.C2H4O2/c1-3(4)5-2;1-3(5)2-4;1-2(3)4/h1-2H3;3-5H,2H2,1H3;1H3,(H,3,4). The Hall–Kier alpha value is -1.14. The van der Waals surface area contributed by atoms with E-state index in [4.69, 9.17) is 20.1 Å². The molecule has 0 saturated carbocycles. The van der Waals surface area contributed by atoms with Gasteiger partial charge in [0.1, 0.15) is 0 Å². The predicted octanol–water partition coefficient (Wildman–Crippen LogP) is -0.370. The summed E-state index contributed by atoms with van der Waals surface area (Å²) in [5, 5.41) is 23.4. The summed E-state index contributed by atoms with van der Waals surface area (Å²) in [5.74, 6) is -1.08. The first-order chi connectivity index (χ1) is 6.27. The molecular weight excluding hydrogens is 192 g/mol. The lowest BCUT2D eigenvalue weighted by Crippen LogP contribution is -2.03. The molecule has 6 heteroatoms. The highest BCUT2D eigenvalue weighted by Crippen LogP contribution is 1.68. The van der Waals surface area contributed by atoms with Crippen LogP contribution in [0.25, 0.3) is 0 Å². The summed E-state index contributed by atoms with van der Waals surface area (Å²) in [7, 11) is 1.35. The maximum absolute atomic E-state index is 9.59. The number of methoxy groups -OCH3 is 1. The summed E-state index contributed by atoms with van der Waals surface area (Å²) in [5.41, 5.74) is 0. The highest BCUT2D eigenvalue weighted by atomic mass is 16.5. The van der Waals surface area contributed by atoms with Crippen molar-refractivity contribution in [1.29, 1.82) is 0 Å². The molecule has 0 fully saturated rings. The van der Waals surface area contributed by atoms with Gasteiger partial charge in [-0.25, -0.2) is 0 Å². The Kier molecular flexibility index (Phi) is 19.1. The molecule has 14 heavy (non-hydrogen) atoms. The fraction of sp³-hybridized carbons (Fsp3) is 0.750. The lowest BCUT2D eigenvalue weighted by molar-refractivity contribution is -0.138. The minimum atomic E-state index is -0.833. The van der Waals surface area contributed by atoms with Crippen molar-refractivity contribution < 1.29 is 29.6 Å². The van der Waals surface area contributed by atoms with E-state index in [1.54, 1.807) is 0 Å². The fourth-order valence-corrected chi connectivity index (χ4v) is 0. The second kappa shape index (κ2) is 14.4. The smallest absolute Gasteiger partial charge is 0.302 e. The van der Waals surface area contributed by atoms with Crippen LogP contribution in [-0.4, -0.2) is 47.1 Å². The molecule has 6 nitrogen and oxygen atoms in total. The van der Waals surface area contributed by atoms with Gasteiger partial charge in [0, 0.05) is 13.8 Å². The zero-order valence-electron chi connectivity index (χ0n) is 8.85. The number of hydrogen-bond acceptors (Lipinski definition) is 5. The number of carboxylic acids is 1. The Bertz CT molecular complexity index is 139. The van der Waals surface area contributed by atoms with Crippen molar-refractivity contribution in [3.63, 3.8) is 0 Å². The van der Waals surface area contributed by atoms with Gasteiger partial charge in [-0.05, 0) is 6.92 Å². The van der Waals surface area contributed by atoms with Gasteiger partial charge in [-0.2, -0.15) is 0 Å². The Morgan fingerprint density at radius 3 is 1.50 bits per heavy atom. The van der Waals surface area contributed by atoms with Gasteiger partial charge in [-0.15, -0.1) is 0 Å². The highest BCUT2D eigenvalue weighted by Gasteiger charge is 1.83. The molecule has 0 aromatic heterocycles. The van der Waals surface area contributed by atoms with Crippen molar-refractivity contribution in [2.45, 2.75) is 26.9 Å². The van der Waals surface area contributed by atoms with Crippen LogP contribution in [0.15, 0.2) is 0 Å². The van der Waals surface area contributed by atoms with Crippen molar-refractivity contribution in [2.24, 2.45) is 0 Å². The van der Waals surface area contributed by atoms with Gasteiger partial charge >= 0.3 is 5.97 Å². The van der Waals surface area contributed by atoms with Gasteiger partial charge < -0.3 is 20.1 Å². The summed E-state index contributed by atoms with van der Waals surface area (Å²) in [4.78, 5) is 18.6. The Balaban J connectivity index is -0.000000131. The maximum atomic E-state index is 9.59. The summed E-state index contributed by atoms with van der Waals surface area (Å²) >= 11 is 0. The average Bonchev–Trinajstić information content (AvgIpc) is 2.04. The van der Waals surface area contributed by atoms with Gasteiger partial charge in [-0.3, -0.25) is 9.59 Å². The SMILES string of the molecule is CC(=O)O.CC(O)CO.COC(C)=O. The fourth-order valence-electron chi connectivity index (χ4n) is 0. The zero-order chi connectivity index (χ0) is 12.1. The zero-order valence-corrected chi connectivity index (χ0v) is 8.85. The third-order valence-corrected chi connectivity index (χ3v) is 0.552. The third-order valence-electron chi connectivity index (χ3n) is 0.552. The van der Waals surface area contributed by atoms with E-state index >= 15 is 0 Å². The first kappa shape index (κ1) is 18.6. The molecule has 0 heterocycles. The number of ether oxygens (including phenoxy) is 1. The van der Waals surface area contributed by atoms with E-state index in [0.717, 1.165) is 6.92 Å². The number of aliphatic hydroxyl groups is 2. The lowest BCUT2D eigenvalue weighted by atomic mass is 10.5. The number of carbonyl (C=O) groups is 2. The number of aliphatic carboxylic acids is 1. The molecule has 0 bridgehead atoms. The van der Waals surface area contributed by atoms with Gasteiger partial charge in [0.2, 0.25) is 0 Å². The van der Waals surface area contributed by atoms with Crippen LogP contribution in [0.5, 0.6) is 0 Å². The van der Waals surface area contributed by atoms with Crippen LogP contribution in [-0.2, 0) is 14.3 Å². The quantitative estimate of drug-likeness (QED) is 0.510. The van der Waals surface area contributed by atoms with Crippen LogP contribution >= 0.6 is 0 Å². The van der Waals surface area contributed by atoms with Crippen molar-refractivity contribution >= 4 is 11.9 Å². The molecule has 0 spiro atoms. The summed E-state index contributed by atoms with van der Waals surface area (Å²) < 4.78 is 4.11. The van der Waals surface area contributed by atoms with Crippen LogP contribution in [0.2, 0.25) is 0 Å². The van der Waals surface area contributed by atoms with Crippen LogP contribution < -0.4 is 0 Å². The second-order valence-corrected chi connectivity index (χ2v) is 2.25. The number of rotatable bonds is 1. The first-order valence-corrected chi connectivity index (χ1v) is 3.80. The highest BCUT2D eigenvalue weighted by molar-refractivity contribution is 5.65. The molecule has 86 valence electrons. The topological polar surface area (TPSA) is 104 Å². The predicted molar refractivity (Wildman–Crippen MR) is 49.8 cm³/mol. The third kappa shape index (κ3) is 129. The number of hydrogen-bond donors (Lipinski definition) is 3. The molecule has 0 aromatic rings. The van der Waals surface area contributed by atoms with E-state index < -0.39 is 12.1 Å². The number of esters is 1. The van der Waals surface area contributed by atoms with Crippen LogP contribution in [0.4, 0.5) is 0 Å². The number of aliphatic hydroxyl groups excluding tert-OH is 2. The van der Waals surface area contributed by atoms with Crippen molar-refractivity contribution in [1.82, 2.24) is 0 Å². The molecule has 0 aliphatic carbocycles. The number of carbonyl (C=O) groups excluding carboxylic acids is 1. The Labute approximate surface area is 83.1 Å². The minimum absolute atomic E-state index is 0.139. The molecule has 0 amide bonds. The molecule has 0 rings (SSSR count). The molecule has 1 unspecified atom stereocenters. The van der Waals surface area contributed by atoms with E-state index in [9.17, 15) is 4.79 Å². The lowest BCUT2D eigenvalue weighted by Gasteiger charge is -1.90.